The second kappa shape index (κ2) is 7.39. The minimum atomic E-state index is -3.74. The highest BCUT2D eigenvalue weighted by Gasteiger charge is 2.21. The molecule has 1 heterocycles. The van der Waals surface area contributed by atoms with Gasteiger partial charge in [0.1, 0.15) is 0 Å². The fourth-order valence-electron chi connectivity index (χ4n) is 2.00. The lowest BCUT2D eigenvalue weighted by molar-refractivity contribution is -0.384. The Morgan fingerprint density at radius 1 is 1.30 bits per heavy atom. The lowest BCUT2D eigenvalue weighted by Crippen LogP contribution is -2.35. The van der Waals surface area contributed by atoms with Crippen molar-refractivity contribution >= 4 is 38.6 Å². The molecule has 0 spiro atoms. The number of nitro groups is 1. The van der Waals surface area contributed by atoms with Crippen LogP contribution in [0.5, 0.6) is 0 Å². The van der Waals surface area contributed by atoms with E-state index in [0.29, 0.717) is 17.9 Å². The lowest BCUT2D eigenvalue weighted by Gasteiger charge is -2.16. The number of non-ortho nitro benzene ring substituents is 1. The molecule has 0 saturated carbocycles. The molecule has 9 heteroatoms. The Morgan fingerprint density at radius 2 is 1.96 bits per heavy atom. The van der Waals surface area contributed by atoms with Gasteiger partial charge in [-0.25, -0.2) is 13.1 Å². The molecule has 1 aromatic heterocycles. The van der Waals surface area contributed by atoms with Gasteiger partial charge in [0.25, 0.3) is 5.69 Å². The Morgan fingerprint density at radius 3 is 2.43 bits per heavy atom. The van der Waals surface area contributed by atoms with E-state index in [1.165, 1.54) is 35.6 Å². The van der Waals surface area contributed by atoms with Gasteiger partial charge in [-0.3, -0.25) is 10.1 Å². The van der Waals surface area contributed by atoms with Crippen molar-refractivity contribution in [2.24, 2.45) is 0 Å². The van der Waals surface area contributed by atoms with E-state index in [4.69, 9.17) is 11.6 Å². The summed E-state index contributed by atoms with van der Waals surface area (Å²) >= 11 is 7.52. The Hall–Kier alpha value is -1.48. The molecule has 0 aliphatic rings. The van der Waals surface area contributed by atoms with Crippen LogP contribution in [0.2, 0.25) is 5.02 Å². The number of halogens is 1. The highest BCUT2D eigenvalue weighted by Crippen LogP contribution is 2.24. The molecule has 23 heavy (non-hydrogen) atoms. The SMILES string of the molecule is CC[C@H](Cc1sccc1Cl)NS(=O)(=O)c1ccc([N+](=O)[O-])cc1. The minimum Gasteiger partial charge on any atom is -0.258 e. The largest absolute Gasteiger partial charge is 0.269 e. The number of nitrogens with one attached hydrogen (secondary N) is 1. The summed E-state index contributed by atoms with van der Waals surface area (Å²) in [4.78, 5) is 11.0. The van der Waals surface area contributed by atoms with Gasteiger partial charge in [-0.05, 0) is 36.4 Å². The van der Waals surface area contributed by atoms with E-state index in [2.05, 4.69) is 4.72 Å². The van der Waals surface area contributed by atoms with Gasteiger partial charge < -0.3 is 0 Å². The van der Waals surface area contributed by atoms with Crippen LogP contribution in [0.1, 0.15) is 18.2 Å². The second-order valence-electron chi connectivity index (χ2n) is 4.87. The van der Waals surface area contributed by atoms with Gasteiger partial charge in [0.05, 0.1) is 14.8 Å². The first-order valence-electron chi connectivity index (χ1n) is 6.82. The maximum Gasteiger partial charge on any atom is 0.269 e. The molecule has 124 valence electrons. The van der Waals surface area contributed by atoms with Crippen LogP contribution in [0.3, 0.4) is 0 Å². The van der Waals surface area contributed by atoms with E-state index in [1.807, 2.05) is 12.3 Å². The Kier molecular flexibility index (Phi) is 5.74. The van der Waals surface area contributed by atoms with Gasteiger partial charge >= 0.3 is 0 Å². The molecule has 1 atom stereocenters. The zero-order valence-electron chi connectivity index (χ0n) is 12.2. The van der Waals surface area contributed by atoms with E-state index in [0.717, 1.165) is 4.88 Å². The highest BCUT2D eigenvalue weighted by atomic mass is 35.5. The molecule has 6 nitrogen and oxygen atoms in total. The summed E-state index contributed by atoms with van der Waals surface area (Å²) in [5, 5.41) is 13.1. The first kappa shape index (κ1) is 17.9. The van der Waals surface area contributed by atoms with Crippen molar-refractivity contribution in [3.8, 4) is 0 Å². The van der Waals surface area contributed by atoms with Crippen LogP contribution in [0.25, 0.3) is 0 Å². The third-order valence-electron chi connectivity index (χ3n) is 3.30. The zero-order chi connectivity index (χ0) is 17.0. The zero-order valence-corrected chi connectivity index (χ0v) is 14.6. The number of rotatable bonds is 7. The van der Waals surface area contributed by atoms with Crippen LogP contribution in [-0.2, 0) is 16.4 Å². The third-order valence-corrected chi connectivity index (χ3v) is 6.24. The van der Waals surface area contributed by atoms with E-state index in [1.54, 1.807) is 6.07 Å². The Bertz CT molecular complexity index is 787. The van der Waals surface area contributed by atoms with E-state index < -0.39 is 14.9 Å². The number of nitrogens with zero attached hydrogens (tertiary/aromatic N) is 1. The van der Waals surface area contributed by atoms with Crippen molar-refractivity contribution in [2.75, 3.05) is 0 Å². The van der Waals surface area contributed by atoms with Crippen molar-refractivity contribution in [3.63, 3.8) is 0 Å². The van der Waals surface area contributed by atoms with Crippen molar-refractivity contribution in [1.82, 2.24) is 4.72 Å². The van der Waals surface area contributed by atoms with E-state index in [9.17, 15) is 18.5 Å². The third kappa shape index (κ3) is 4.51. The first-order valence-corrected chi connectivity index (χ1v) is 9.56. The fraction of sp³-hybridized carbons (Fsp3) is 0.286. The lowest BCUT2D eigenvalue weighted by atomic mass is 10.1. The number of hydrogen-bond acceptors (Lipinski definition) is 5. The number of sulfonamides is 1. The van der Waals surface area contributed by atoms with Crippen molar-refractivity contribution < 1.29 is 13.3 Å². The molecule has 0 aliphatic heterocycles. The Labute approximate surface area is 143 Å². The topological polar surface area (TPSA) is 89.3 Å². The standard InChI is InChI=1S/C14H15ClN2O4S2/c1-2-10(9-14-13(15)7-8-22-14)16-23(20,21)12-5-3-11(4-6-12)17(18)19/h3-8,10,16H,2,9H2,1H3/t10-/m1/s1. The van der Waals surface area contributed by atoms with Gasteiger partial charge in [-0.15, -0.1) is 11.3 Å². The maximum atomic E-state index is 12.4. The number of hydrogen-bond donors (Lipinski definition) is 1. The highest BCUT2D eigenvalue weighted by molar-refractivity contribution is 7.89. The van der Waals surface area contributed by atoms with Gasteiger partial charge in [0.2, 0.25) is 10.0 Å². The Balaban J connectivity index is 2.15. The average molecular weight is 375 g/mol. The molecule has 1 N–H and O–H groups in total. The van der Waals surface area contributed by atoms with Crippen LogP contribution in [-0.4, -0.2) is 19.4 Å². The number of benzene rings is 1. The molecule has 0 amide bonds. The van der Waals surface area contributed by atoms with Gasteiger partial charge in [0.15, 0.2) is 0 Å². The van der Waals surface area contributed by atoms with Crippen LogP contribution < -0.4 is 4.72 Å². The van der Waals surface area contributed by atoms with Crippen molar-refractivity contribution in [2.45, 2.75) is 30.7 Å². The first-order chi connectivity index (χ1) is 10.8. The van der Waals surface area contributed by atoms with Crippen molar-refractivity contribution in [3.05, 3.63) is 55.7 Å². The van der Waals surface area contributed by atoms with E-state index >= 15 is 0 Å². The van der Waals surface area contributed by atoms with Gasteiger partial charge in [-0.2, -0.15) is 0 Å². The summed E-state index contributed by atoms with van der Waals surface area (Å²) in [6.07, 6.45) is 1.10. The summed E-state index contributed by atoms with van der Waals surface area (Å²) < 4.78 is 27.4. The predicted molar refractivity (Wildman–Crippen MR) is 90.5 cm³/mol. The molecular formula is C14H15ClN2O4S2. The average Bonchev–Trinajstić information content (AvgIpc) is 2.91. The normalized spacial score (nSPS) is 13.0. The summed E-state index contributed by atoms with van der Waals surface area (Å²) in [5.41, 5.74) is -0.152. The summed E-state index contributed by atoms with van der Waals surface area (Å²) in [5.74, 6) is 0. The molecule has 0 bridgehead atoms. The summed E-state index contributed by atoms with van der Waals surface area (Å²) in [6, 6.07) is 6.28. The summed E-state index contributed by atoms with van der Waals surface area (Å²) in [6.45, 7) is 1.88. The monoisotopic (exact) mass is 374 g/mol. The molecular weight excluding hydrogens is 360 g/mol. The molecule has 0 radical (unpaired) electrons. The van der Waals surface area contributed by atoms with Crippen LogP contribution in [0.4, 0.5) is 5.69 Å². The fourth-order valence-corrected chi connectivity index (χ4v) is 4.51. The van der Waals surface area contributed by atoms with Gasteiger partial charge in [-0.1, -0.05) is 18.5 Å². The van der Waals surface area contributed by atoms with Crippen LogP contribution in [0, 0.1) is 10.1 Å². The molecule has 1 aromatic carbocycles. The maximum absolute atomic E-state index is 12.4. The second-order valence-corrected chi connectivity index (χ2v) is 8.00. The molecule has 0 aliphatic carbocycles. The number of nitro benzene ring substituents is 1. The van der Waals surface area contributed by atoms with Crippen LogP contribution in [0.15, 0.2) is 40.6 Å². The summed E-state index contributed by atoms with van der Waals surface area (Å²) in [7, 11) is -3.74. The smallest absolute Gasteiger partial charge is 0.258 e. The number of thiophene rings is 1. The minimum absolute atomic E-state index is 0.00109. The molecule has 0 unspecified atom stereocenters. The van der Waals surface area contributed by atoms with Gasteiger partial charge in [0, 0.05) is 23.1 Å². The molecule has 2 rings (SSSR count). The van der Waals surface area contributed by atoms with Crippen molar-refractivity contribution in [1.29, 1.82) is 0 Å². The van der Waals surface area contributed by atoms with Crippen LogP contribution >= 0.6 is 22.9 Å². The predicted octanol–water partition coefficient (Wildman–Crippen LogP) is 3.61. The molecule has 0 saturated heterocycles. The quantitative estimate of drug-likeness (QED) is 0.592. The van der Waals surface area contributed by atoms with E-state index in [-0.39, 0.29) is 16.6 Å². The molecule has 0 fully saturated rings. The molecule has 2 aromatic rings.